The molecule has 0 bridgehead atoms. The lowest BCUT2D eigenvalue weighted by Gasteiger charge is -2.00. The van der Waals surface area contributed by atoms with E-state index in [1.54, 1.807) is 0 Å². The molecule has 12 heavy (non-hydrogen) atoms. The first kappa shape index (κ1) is 7.16. The number of pyridine rings is 1. The molecule has 0 radical (unpaired) electrons. The van der Waals surface area contributed by atoms with Gasteiger partial charge in [-0.3, -0.25) is 4.98 Å². The Morgan fingerprint density at radius 1 is 1.50 bits per heavy atom. The van der Waals surface area contributed by atoms with Crippen molar-refractivity contribution in [3.63, 3.8) is 0 Å². The first-order valence-corrected chi connectivity index (χ1v) is 3.80. The van der Waals surface area contributed by atoms with Crippen LogP contribution < -0.4 is 0 Å². The summed E-state index contributed by atoms with van der Waals surface area (Å²) in [6.45, 7) is 1.93. The summed E-state index contributed by atoms with van der Waals surface area (Å²) >= 11 is 0. The van der Waals surface area contributed by atoms with Crippen LogP contribution in [0, 0.1) is 6.92 Å². The Labute approximate surface area is 70.3 Å². The molecule has 62 valence electrons. The van der Waals surface area contributed by atoms with Crippen LogP contribution in [0.5, 0.6) is 5.75 Å². The van der Waals surface area contributed by atoms with Crippen LogP contribution in [0.25, 0.3) is 10.9 Å². The van der Waals surface area contributed by atoms with E-state index in [1.807, 2.05) is 30.8 Å². The molecule has 0 spiro atoms. The third-order valence-corrected chi connectivity index (χ3v) is 2.07. The van der Waals surface area contributed by atoms with Gasteiger partial charge >= 0.3 is 0 Å². The van der Waals surface area contributed by atoms with E-state index in [2.05, 4.69) is 4.98 Å². The Morgan fingerprint density at radius 3 is 2.92 bits per heavy atom. The number of fused-ring (bicyclic) bond motifs is 1. The Hall–Kier alpha value is -1.51. The maximum absolute atomic E-state index is 9.43. The van der Waals surface area contributed by atoms with E-state index < -0.39 is 0 Å². The second-order valence-electron chi connectivity index (χ2n) is 2.92. The quantitative estimate of drug-likeness (QED) is 0.638. The maximum Gasteiger partial charge on any atom is 0.143 e. The molecule has 0 atom stereocenters. The summed E-state index contributed by atoms with van der Waals surface area (Å²) in [7, 11) is 1.94. The van der Waals surface area contributed by atoms with Gasteiger partial charge in [-0.25, -0.2) is 0 Å². The average molecular weight is 162 g/mol. The SMILES string of the molecule is Cc1ncc(O)c2ccn(C)c12. The molecule has 0 saturated heterocycles. The standard InChI is InChI=1S/C9H10N2O/c1-6-9-7(3-4-11(9)2)8(12)5-10-6/h3-5,12H,1-2H3. The molecule has 2 heterocycles. The van der Waals surface area contributed by atoms with Gasteiger partial charge in [-0.2, -0.15) is 0 Å². The zero-order valence-corrected chi connectivity index (χ0v) is 7.07. The van der Waals surface area contributed by atoms with Gasteiger partial charge in [0.15, 0.2) is 0 Å². The molecule has 0 amide bonds. The summed E-state index contributed by atoms with van der Waals surface area (Å²) in [5, 5.41) is 10.3. The van der Waals surface area contributed by atoms with Crippen LogP contribution in [0.1, 0.15) is 5.69 Å². The van der Waals surface area contributed by atoms with Gasteiger partial charge in [-0.1, -0.05) is 0 Å². The van der Waals surface area contributed by atoms with Crippen molar-refractivity contribution in [2.75, 3.05) is 0 Å². The molecule has 0 fully saturated rings. The molecule has 0 unspecified atom stereocenters. The number of aromatic nitrogens is 2. The summed E-state index contributed by atoms with van der Waals surface area (Å²) in [6, 6.07) is 1.89. The van der Waals surface area contributed by atoms with Gasteiger partial charge in [0.25, 0.3) is 0 Å². The highest BCUT2D eigenvalue weighted by Crippen LogP contribution is 2.25. The van der Waals surface area contributed by atoms with E-state index in [0.717, 1.165) is 16.6 Å². The summed E-state index contributed by atoms with van der Waals surface area (Å²) in [4.78, 5) is 4.07. The Morgan fingerprint density at radius 2 is 2.25 bits per heavy atom. The molecule has 0 aliphatic rings. The van der Waals surface area contributed by atoms with Crippen LogP contribution in [0.3, 0.4) is 0 Å². The Kier molecular flexibility index (Phi) is 1.33. The van der Waals surface area contributed by atoms with Crippen LogP contribution in [0.2, 0.25) is 0 Å². The molecule has 2 aromatic heterocycles. The monoisotopic (exact) mass is 162 g/mol. The molecule has 1 N–H and O–H groups in total. The van der Waals surface area contributed by atoms with Gasteiger partial charge in [-0.15, -0.1) is 0 Å². The van der Waals surface area contributed by atoms with E-state index in [4.69, 9.17) is 0 Å². The molecule has 0 aliphatic heterocycles. The third kappa shape index (κ3) is 0.794. The lowest BCUT2D eigenvalue weighted by Crippen LogP contribution is -1.89. The topological polar surface area (TPSA) is 38.1 Å². The smallest absolute Gasteiger partial charge is 0.143 e. The van der Waals surface area contributed by atoms with Crippen molar-refractivity contribution in [1.29, 1.82) is 0 Å². The van der Waals surface area contributed by atoms with Gasteiger partial charge in [-0.05, 0) is 13.0 Å². The van der Waals surface area contributed by atoms with Crippen molar-refractivity contribution in [3.8, 4) is 5.75 Å². The van der Waals surface area contributed by atoms with Gasteiger partial charge < -0.3 is 9.67 Å². The summed E-state index contributed by atoms with van der Waals surface area (Å²) in [5.74, 6) is 0.246. The number of rotatable bonds is 0. The van der Waals surface area contributed by atoms with Crippen LogP contribution in [0.15, 0.2) is 18.5 Å². The van der Waals surface area contributed by atoms with E-state index in [0.29, 0.717) is 0 Å². The molecule has 3 heteroatoms. The van der Waals surface area contributed by atoms with E-state index in [1.165, 1.54) is 6.20 Å². The van der Waals surface area contributed by atoms with E-state index in [-0.39, 0.29) is 5.75 Å². The number of nitrogens with zero attached hydrogens (tertiary/aromatic N) is 2. The van der Waals surface area contributed by atoms with Crippen molar-refractivity contribution < 1.29 is 5.11 Å². The van der Waals surface area contributed by atoms with Gasteiger partial charge in [0.05, 0.1) is 17.4 Å². The molecule has 0 aromatic carbocycles. The second kappa shape index (κ2) is 2.24. The molecule has 0 saturated carbocycles. The highest BCUT2D eigenvalue weighted by molar-refractivity contribution is 5.87. The molecule has 0 aliphatic carbocycles. The number of aryl methyl sites for hydroxylation is 2. The fourth-order valence-electron chi connectivity index (χ4n) is 1.48. The zero-order valence-electron chi connectivity index (χ0n) is 7.07. The maximum atomic E-state index is 9.43. The predicted octanol–water partition coefficient (Wildman–Crippen LogP) is 1.59. The Balaban J connectivity index is 2.98. The normalized spacial score (nSPS) is 10.8. The molecule has 2 aromatic rings. The van der Waals surface area contributed by atoms with Crippen molar-refractivity contribution >= 4 is 10.9 Å². The highest BCUT2D eigenvalue weighted by Gasteiger charge is 2.05. The summed E-state index contributed by atoms with van der Waals surface area (Å²) in [6.07, 6.45) is 3.40. The minimum Gasteiger partial charge on any atom is -0.506 e. The molecule has 2 rings (SSSR count). The van der Waals surface area contributed by atoms with Crippen LogP contribution in [-0.2, 0) is 7.05 Å². The fraction of sp³-hybridized carbons (Fsp3) is 0.222. The van der Waals surface area contributed by atoms with Crippen LogP contribution in [-0.4, -0.2) is 14.7 Å². The minimum atomic E-state index is 0.246. The largest absolute Gasteiger partial charge is 0.506 e. The van der Waals surface area contributed by atoms with Crippen LogP contribution in [0.4, 0.5) is 0 Å². The first-order valence-electron chi connectivity index (χ1n) is 3.80. The minimum absolute atomic E-state index is 0.246. The third-order valence-electron chi connectivity index (χ3n) is 2.07. The van der Waals surface area contributed by atoms with E-state index in [9.17, 15) is 5.11 Å². The highest BCUT2D eigenvalue weighted by atomic mass is 16.3. The van der Waals surface area contributed by atoms with Gasteiger partial charge in [0.2, 0.25) is 0 Å². The van der Waals surface area contributed by atoms with Crippen LogP contribution >= 0.6 is 0 Å². The fourth-order valence-corrected chi connectivity index (χ4v) is 1.48. The number of aromatic hydroxyl groups is 1. The van der Waals surface area contributed by atoms with Crippen molar-refractivity contribution in [2.24, 2.45) is 7.05 Å². The molecular formula is C9H10N2O. The van der Waals surface area contributed by atoms with Crippen molar-refractivity contribution in [2.45, 2.75) is 6.92 Å². The molecule has 3 nitrogen and oxygen atoms in total. The first-order chi connectivity index (χ1) is 5.70. The Bertz CT molecular complexity index is 431. The lowest BCUT2D eigenvalue weighted by molar-refractivity contribution is 0.479. The molecular weight excluding hydrogens is 152 g/mol. The van der Waals surface area contributed by atoms with Gasteiger partial charge in [0.1, 0.15) is 5.75 Å². The van der Waals surface area contributed by atoms with Crippen molar-refractivity contribution in [3.05, 3.63) is 24.2 Å². The van der Waals surface area contributed by atoms with Gasteiger partial charge in [0, 0.05) is 18.6 Å². The number of hydrogen-bond acceptors (Lipinski definition) is 2. The zero-order chi connectivity index (χ0) is 8.72. The van der Waals surface area contributed by atoms with Crippen molar-refractivity contribution in [1.82, 2.24) is 9.55 Å². The summed E-state index contributed by atoms with van der Waals surface area (Å²) in [5.41, 5.74) is 1.94. The number of hydrogen-bond donors (Lipinski definition) is 1. The second-order valence-corrected chi connectivity index (χ2v) is 2.92. The predicted molar refractivity (Wildman–Crippen MR) is 47.1 cm³/mol. The average Bonchev–Trinajstić information content (AvgIpc) is 2.42. The van der Waals surface area contributed by atoms with E-state index >= 15 is 0 Å². The summed E-state index contributed by atoms with van der Waals surface area (Å²) < 4.78 is 1.96. The lowest BCUT2D eigenvalue weighted by atomic mass is 10.2.